The number of hydrogen-bond acceptors (Lipinski definition) is 4. The van der Waals surface area contributed by atoms with Gasteiger partial charge in [-0.3, -0.25) is 4.79 Å². The van der Waals surface area contributed by atoms with Gasteiger partial charge in [-0.25, -0.2) is 0 Å². The predicted molar refractivity (Wildman–Crippen MR) is 83.1 cm³/mol. The molecule has 0 saturated heterocycles. The smallest absolute Gasteiger partial charge is 0.283 e. The van der Waals surface area contributed by atoms with Gasteiger partial charge >= 0.3 is 0 Å². The number of fused-ring (bicyclic) bond motifs is 1. The van der Waals surface area contributed by atoms with Gasteiger partial charge in [-0.2, -0.15) is 17.6 Å². The van der Waals surface area contributed by atoms with E-state index in [4.69, 9.17) is 0 Å². The first-order valence-corrected chi connectivity index (χ1v) is 7.98. The van der Waals surface area contributed by atoms with E-state index in [1.165, 1.54) is 25.3 Å². The summed E-state index contributed by atoms with van der Waals surface area (Å²) >= 11 is 0. The molecule has 0 aliphatic heterocycles. The summed E-state index contributed by atoms with van der Waals surface area (Å²) < 4.78 is 26.3. The van der Waals surface area contributed by atoms with Crippen LogP contribution in [0.4, 0.5) is 5.69 Å². The molecule has 1 heterocycles. The van der Waals surface area contributed by atoms with Crippen molar-refractivity contribution in [1.82, 2.24) is 9.19 Å². The normalized spacial score (nSPS) is 11.5. The van der Waals surface area contributed by atoms with E-state index in [1.54, 1.807) is 36.4 Å². The number of anilines is 1. The fraction of sp³-hybridized carbons (Fsp3) is 0.0667. The van der Waals surface area contributed by atoms with Crippen LogP contribution in [0.15, 0.2) is 59.6 Å². The standard InChI is InChI=1S/C15H13N3O3S/c1-11(19)17-13-8-7-12-10-16-18(15(12)9-13)22(20,21)14-5-3-2-4-6-14/h2-10H,1H3,(H,17,19). The highest BCUT2D eigenvalue weighted by atomic mass is 32.2. The molecule has 0 spiro atoms. The minimum atomic E-state index is -3.77. The second-order valence-corrected chi connectivity index (χ2v) is 6.53. The molecule has 0 bridgehead atoms. The van der Waals surface area contributed by atoms with Gasteiger partial charge in [0.25, 0.3) is 10.0 Å². The summed E-state index contributed by atoms with van der Waals surface area (Å²) in [5, 5.41) is 7.28. The maximum atomic E-state index is 12.7. The van der Waals surface area contributed by atoms with E-state index in [0.717, 1.165) is 4.09 Å². The average molecular weight is 315 g/mol. The Balaban J connectivity index is 2.17. The molecule has 0 radical (unpaired) electrons. The summed E-state index contributed by atoms with van der Waals surface area (Å²) in [6.07, 6.45) is 1.48. The Kier molecular flexibility index (Phi) is 3.42. The van der Waals surface area contributed by atoms with E-state index < -0.39 is 10.0 Å². The molecule has 3 rings (SSSR count). The van der Waals surface area contributed by atoms with E-state index in [1.807, 2.05) is 0 Å². The van der Waals surface area contributed by atoms with Crippen LogP contribution in [0.3, 0.4) is 0 Å². The summed E-state index contributed by atoms with van der Waals surface area (Å²) in [7, 11) is -3.77. The van der Waals surface area contributed by atoms with Gasteiger partial charge in [0.1, 0.15) is 0 Å². The summed E-state index contributed by atoms with van der Waals surface area (Å²) in [6, 6.07) is 13.1. The Bertz CT molecular complexity index is 947. The molecule has 22 heavy (non-hydrogen) atoms. The summed E-state index contributed by atoms with van der Waals surface area (Å²) in [4.78, 5) is 11.3. The van der Waals surface area contributed by atoms with E-state index in [-0.39, 0.29) is 10.8 Å². The van der Waals surface area contributed by atoms with Gasteiger partial charge in [0, 0.05) is 18.0 Å². The Morgan fingerprint density at radius 1 is 1.14 bits per heavy atom. The van der Waals surface area contributed by atoms with Crippen LogP contribution in [0.5, 0.6) is 0 Å². The van der Waals surface area contributed by atoms with Crippen LogP contribution in [-0.4, -0.2) is 23.5 Å². The van der Waals surface area contributed by atoms with Crippen LogP contribution < -0.4 is 5.32 Å². The fourth-order valence-electron chi connectivity index (χ4n) is 2.16. The quantitative estimate of drug-likeness (QED) is 0.803. The molecular weight excluding hydrogens is 302 g/mol. The molecule has 1 N–H and O–H groups in total. The van der Waals surface area contributed by atoms with Crippen molar-refractivity contribution in [2.45, 2.75) is 11.8 Å². The topological polar surface area (TPSA) is 81.1 Å². The van der Waals surface area contributed by atoms with Crippen molar-refractivity contribution in [3.05, 3.63) is 54.7 Å². The monoisotopic (exact) mass is 315 g/mol. The van der Waals surface area contributed by atoms with Gasteiger partial charge in [-0.05, 0) is 30.3 Å². The minimum Gasteiger partial charge on any atom is -0.326 e. The third kappa shape index (κ3) is 2.46. The number of nitrogens with zero attached hydrogens (tertiary/aromatic N) is 2. The summed E-state index contributed by atoms with van der Waals surface area (Å²) in [6.45, 7) is 1.39. The number of hydrogen-bond donors (Lipinski definition) is 1. The van der Waals surface area contributed by atoms with Crippen LogP contribution in [0.2, 0.25) is 0 Å². The van der Waals surface area contributed by atoms with Gasteiger partial charge in [-0.1, -0.05) is 18.2 Å². The highest BCUT2D eigenvalue weighted by Crippen LogP contribution is 2.23. The first-order valence-electron chi connectivity index (χ1n) is 6.54. The molecule has 1 aromatic heterocycles. The van der Waals surface area contributed by atoms with Crippen LogP contribution in [0, 0.1) is 0 Å². The lowest BCUT2D eigenvalue weighted by molar-refractivity contribution is -0.114. The third-order valence-corrected chi connectivity index (χ3v) is 4.74. The number of carbonyl (C=O) groups excluding carboxylic acids is 1. The van der Waals surface area contributed by atoms with Crippen LogP contribution >= 0.6 is 0 Å². The molecule has 0 aliphatic carbocycles. The predicted octanol–water partition coefficient (Wildman–Crippen LogP) is 2.23. The lowest BCUT2D eigenvalue weighted by atomic mass is 10.2. The Hall–Kier alpha value is -2.67. The molecule has 1 amide bonds. The highest BCUT2D eigenvalue weighted by Gasteiger charge is 2.20. The fourth-order valence-corrected chi connectivity index (χ4v) is 3.45. The molecule has 7 heteroatoms. The molecule has 0 unspecified atom stereocenters. The maximum Gasteiger partial charge on any atom is 0.283 e. The molecule has 2 aromatic carbocycles. The van der Waals surface area contributed by atoms with Crippen molar-refractivity contribution in [3.8, 4) is 0 Å². The Morgan fingerprint density at radius 2 is 1.86 bits per heavy atom. The third-order valence-electron chi connectivity index (χ3n) is 3.13. The Labute approximate surface area is 127 Å². The summed E-state index contributed by atoms with van der Waals surface area (Å²) in [5.41, 5.74) is 0.931. The number of rotatable bonds is 3. The first-order chi connectivity index (χ1) is 10.5. The van der Waals surface area contributed by atoms with Crippen molar-refractivity contribution < 1.29 is 13.2 Å². The van der Waals surface area contributed by atoms with Crippen molar-refractivity contribution in [3.63, 3.8) is 0 Å². The van der Waals surface area contributed by atoms with Crippen molar-refractivity contribution >= 4 is 32.5 Å². The van der Waals surface area contributed by atoms with Gasteiger partial charge < -0.3 is 5.32 Å². The molecule has 0 fully saturated rings. The van der Waals surface area contributed by atoms with Gasteiger partial charge in [0.05, 0.1) is 16.6 Å². The van der Waals surface area contributed by atoms with Gasteiger partial charge in [-0.15, -0.1) is 0 Å². The number of nitrogens with one attached hydrogen (secondary N) is 1. The van der Waals surface area contributed by atoms with E-state index in [9.17, 15) is 13.2 Å². The largest absolute Gasteiger partial charge is 0.326 e. The first kappa shape index (κ1) is 14.3. The zero-order valence-electron chi connectivity index (χ0n) is 11.7. The highest BCUT2D eigenvalue weighted by molar-refractivity contribution is 7.90. The maximum absolute atomic E-state index is 12.7. The van der Waals surface area contributed by atoms with Crippen LogP contribution in [0.1, 0.15) is 6.92 Å². The van der Waals surface area contributed by atoms with Crippen LogP contribution in [0.25, 0.3) is 10.9 Å². The molecule has 0 saturated carbocycles. The summed E-state index contributed by atoms with van der Waals surface area (Å²) in [5.74, 6) is -0.226. The second-order valence-electron chi connectivity index (χ2n) is 4.76. The SMILES string of the molecule is CC(=O)Nc1ccc2cnn(S(=O)(=O)c3ccccc3)c2c1. The zero-order chi connectivity index (χ0) is 15.7. The molecule has 0 aliphatic rings. The number of benzene rings is 2. The molecule has 6 nitrogen and oxygen atoms in total. The molecular formula is C15H13N3O3S. The number of amides is 1. The average Bonchev–Trinajstić information content (AvgIpc) is 2.91. The van der Waals surface area contributed by atoms with E-state index in [0.29, 0.717) is 16.6 Å². The van der Waals surface area contributed by atoms with Crippen molar-refractivity contribution in [1.29, 1.82) is 0 Å². The van der Waals surface area contributed by atoms with Crippen molar-refractivity contribution in [2.24, 2.45) is 0 Å². The minimum absolute atomic E-state index is 0.157. The number of aromatic nitrogens is 2. The second kappa shape index (κ2) is 5.27. The number of carbonyl (C=O) groups is 1. The van der Waals surface area contributed by atoms with Gasteiger partial charge in [0.2, 0.25) is 5.91 Å². The lowest BCUT2D eigenvalue weighted by Crippen LogP contribution is -2.14. The zero-order valence-corrected chi connectivity index (χ0v) is 12.5. The molecule has 112 valence electrons. The lowest BCUT2D eigenvalue weighted by Gasteiger charge is -2.07. The van der Waals surface area contributed by atoms with E-state index >= 15 is 0 Å². The van der Waals surface area contributed by atoms with Crippen molar-refractivity contribution in [2.75, 3.05) is 5.32 Å². The van der Waals surface area contributed by atoms with E-state index in [2.05, 4.69) is 10.4 Å². The van der Waals surface area contributed by atoms with Crippen LogP contribution in [-0.2, 0) is 14.8 Å². The molecule has 0 atom stereocenters. The Morgan fingerprint density at radius 3 is 2.55 bits per heavy atom. The van der Waals surface area contributed by atoms with Gasteiger partial charge in [0.15, 0.2) is 0 Å². The molecule has 3 aromatic rings.